The zero-order valence-corrected chi connectivity index (χ0v) is 6.33. The molecule has 0 aliphatic carbocycles. The predicted molar refractivity (Wildman–Crippen MR) is 29.6 cm³/mol. The monoisotopic (exact) mass is 176 g/mol. The molecule has 4 heteroatoms. The average molecular weight is 177 g/mol. The van der Waals surface area contributed by atoms with Gasteiger partial charge in [-0.1, -0.05) is 0 Å². The molecule has 0 fully saturated rings. The third kappa shape index (κ3) is 18.2. The van der Waals surface area contributed by atoms with Crippen LogP contribution in [0.15, 0.2) is 0 Å². The van der Waals surface area contributed by atoms with Gasteiger partial charge in [-0.2, -0.15) is 0 Å². The molecule has 56 valence electrons. The van der Waals surface area contributed by atoms with E-state index in [-0.39, 0.29) is 40.0 Å². The molecule has 3 nitrogen and oxygen atoms in total. The maximum Gasteiger partial charge on any atom is 2.00 e. The number of ketones is 2. The fraction of sp³-hybridized carbons (Fsp3) is 0.600. The SMILES string of the molecule is CC(=O)CC(C)=O.O.[Ni+2]. The van der Waals surface area contributed by atoms with Crippen molar-refractivity contribution in [1.29, 1.82) is 0 Å². The standard InChI is InChI=1S/C5H8O2.Ni.H2O/c1-4(6)3-5(2)7;;/h3H2,1-2H3;;1H2/q;+2;. The minimum absolute atomic E-state index is 0. The van der Waals surface area contributed by atoms with Crippen molar-refractivity contribution >= 4 is 11.6 Å². The van der Waals surface area contributed by atoms with Gasteiger partial charge in [0.05, 0.1) is 6.42 Å². The van der Waals surface area contributed by atoms with Crippen LogP contribution in [0.1, 0.15) is 20.3 Å². The largest absolute Gasteiger partial charge is 2.00 e. The van der Waals surface area contributed by atoms with E-state index in [0.29, 0.717) is 0 Å². The molecular weight excluding hydrogens is 167 g/mol. The quantitative estimate of drug-likeness (QED) is 0.430. The molecule has 0 atom stereocenters. The van der Waals surface area contributed by atoms with E-state index < -0.39 is 0 Å². The van der Waals surface area contributed by atoms with E-state index in [1.54, 1.807) is 0 Å². The summed E-state index contributed by atoms with van der Waals surface area (Å²) in [7, 11) is 0. The molecule has 0 unspecified atom stereocenters. The van der Waals surface area contributed by atoms with Crippen LogP contribution in [0, 0.1) is 0 Å². The van der Waals surface area contributed by atoms with E-state index in [1.807, 2.05) is 0 Å². The van der Waals surface area contributed by atoms with Crippen molar-refractivity contribution in [3.8, 4) is 0 Å². The Morgan fingerprint density at radius 2 is 1.33 bits per heavy atom. The third-order valence-corrected chi connectivity index (χ3v) is 0.498. The number of hydrogen-bond donors (Lipinski definition) is 0. The van der Waals surface area contributed by atoms with Crippen LogP contribution < -0.4 is 0 Å². The van der Waals surface area contributed by atoms with Crippen LogP contribution in [-0.2, 0) is 26.1 Å². The Labute approximate surface area is 64.0 Å². The van der Waals surface area contributed by atoms with Gasteiger partial charge in [0.1, 0.15) is 11.6 Å². The predicted octanol–water partition coefficient (Wildman–Crippen LogP) is -0.273. The van der Waals surface area contributed by atoms with Crippen molar-refractivity contribution in [3.05, 3.63) is 0 Å². The first kappa shape index (κ1) is 15.9. The molecule has 0 saturated heterocycles. The Morgan fingerprint density at radius 3 is 1.33 bits per heavy atom. The Morgan fingerprint density at radius 1 is 1.11 bits per heavy atom. The fourth-order valence-corrected chi connectivity index (χ4v) is 0.351. The van der Waals surface area contributed by atoms with Crippen LogP contribution in [0.3, 0.4) is 0 Å². The van der Waals surface area contributed by atoms with Gasteiger partial charge in [0.25, 0.3) is 0 Å². The smallest absolute Gasteiger partial charge is 0.412 e. The molecule has 0 rings (SSSR count). The summed E-state index contributed by atoms with van der Waals surface area (Å²) in [6.07, 6.45) is 0.0833. The number of Topliss-reactive ketones (excluding diaryl/α,β-unsaturated/α-hetero) is 2. The summed E-state index contributed by atoms with van der Waals surface area (Å²) >= 11 is 0. The van der Waals surface area contributed by atoms with Gasteiger partial charge >= 0.3 is 16.5 Å². The topological polar surface area (TPSA) is 65.6 Å². The van der Waals surface area contributed by atoms with Crippen molar-refractivity contribution < 1.29 is 31.6 Å². The maximum absolute atomic E-state index is 10.0. The van der Waals surface area contributed by atoms with Crippen molar-refractivity contribution in [2.75, 3.05) is 0 Å². The Hall–Kier alpha value is -0.206. The third-order valence-electron chi connectivity index (χ3n) is 0.498. The summed E-state index contributed by atoms with van der Waals surface area (Å²) in [4.78, 5) is 20.1. The van der Waals surface area contributed by atoms with Gasteiger partial charge in [-0.15, -0.1) is 0 Å². The Bertz CT molecular complexity index is 88.4. The summed E-state index contributed by atoms with van der Waals surface area (Å²) in [6, 6.07) is 0. The minimum Gasteiger partial charge on any atom is -0.412 e. The van der Waals surface area contributed by atoms with Crippen LogP contribution in [0.2, 0.25) is 0 Å². The van der Waals surface area contributed by atoms with E-state index >= 15 is 0 Å². The van der Waals surface area contributed by atoms with Crippen LogP contribution in [0.25, 0.3) is 0 Å². The Kier molecular flexibility index (Phi) is 13.8. The van der Waals surface area contributed by atoms with Crippen molar-refractivity contribution in [2.45, 2.75) is 20.3 Å². The first-order chi connectivity index (χ1) is 3.13. The molecule has 2 N–H and O–H groups in total. The zero-order valence-electron chi connectivity index (χ0n) is 5.34. The molecule has 0 bridgehead atoms. The molecule has 0 aliphatic rings. The number of rotatable bonds is 2. The number of carbonyl (C=O) groups excluding carboxylic acids is 2. The summed E-state index contributed by atoms with van der Waals surface area (Å²) in [5.74, 6) is -0.125. The molecule has 0 saturated carbocycles. The molecule has 0 spiro atoms. The van der Waals surface area contributed by atoms with Crippen LogP contribution in [-0.4, -0.2) is 17.0 Å². The molecule has 0 aromatic heterocycles. The van der Waals surface area contributed by atoms with E-state index in [2.05, 4.69) is 0 Å². The van der Waals surface area contributed by atoms with Gasteiger partial charge < -0.3 is 5.48 Å². The van der Waals surface area contributed by atoms with Crippen molar-refractivity contribution in [1.82, 2.24) is 0 Å². The molecule has 0 amide bonds. The summed E-state index contributed by atoms with van der Waals surface area (Å²) in [5.41, 5.74) is 0. The number of carbonyl (C=O) groups is 2. The summed E-state index contributed by atoms with van der Waals surface area (Å²) < 4.78 is 0. The fourth-order valence-electron chi connectivity index (χ4n) is 0.351. The maximum atomic E-state index is 10.0. The zero-order chi connectivity index (χ0) is 5.86. The first-order valence-corrected chi connectivity index (χ1v) is 2.12. The van der Waals surface area contributed by atoms with Gasteiger partial charge in [-0.25, -0.2) is 0 Å². The molecule has 0 aromatic carbocycles. The van der Waals surface area contributed by atoms with E-state index in [1.165, 1.54) is 13.8 Å². The van der Waals surface area contributed by atoms with Crippen LogP contribution >= 0.6 is 0 Å². The van der Waals surface area contributed by atoms with E-state index in [0.717, 1.165) is 0 Å². The second kappa shape index (κ2) is 7.79. The van der Waals surface area contributed by atoms with Gasteiger partial charge in [0, 0.05) is 0 Å². The molecule has 9 heavy (non-hydrogen) atoms. The van der Waals surface area contributed by atoms with Crippen LogP contribution in [0.5, 0.6) is 0 Å². The van der Waals surface area contributed by atoms with Crippen molar-refractivity contribution in [2.24, 2.45) is 0 Å². The van der Waals surface area contributed by atoms with E-state index in [9.17, 15) is 9.59 Å². The van der Waals surface area contributed by atoms with Gasteiger partial charge in [-0.3, -0.25) is 9.59 Å². The second-order valence-corrected chi connectivity index (χ2v) is 1.58. The summed E-state index contributed by atoms with van der Waals surface area (Å²) in [6.45, 7) is 2.81. The normalized spacial score (nSPS) is 6.44. The minimum atomic E-state index is -0.0625. The molecular formula is C5H10NiO3+2. The molecule has 0 heterocycles. The number of hydrogen-bond acceptors (Lipinski definition) is 2. The van der Waals surface area contributed by atoms with Gasteiger partial charge in [0.2, 0.25) is 0 Å². The van der Waals surface area contributed by atoms with Gasteiger partial charge in [0.15, 0.2) is 0 Å². The second-order valence-electron chi connectivity index (χ2n) is 1.58. The Balaban J connectivity index is -0.000000180. The molecule has 0 aromatic rings. The van der Waals surface area contributed by atoms with Gasteiger partial charge in [-0.05, 0) is 13.8 Å². The molecule has 0 radical (unpaired) electrons. The first-order valence-electron chi connectivity index (χ1n) is 2.12. The molecule has 0 aliphatic heterocycles. The van der Waals surface area contributed by atoms with E-state index in [4.69, 9.17) is 0 Å². The van der Waals surface area contributed by atoms with Crippen molar-refractivity contribution in [3.63, 3.8) is 0 Å². The average Bonchev–Trinajstić information content (AvgIpc) is 1.27. The summed E-state index contributed by atoms with van der Waals surface area (Å²) in [5, 5.41) is 0. The van der Waals surface area contributed by atoms with Crippen LogP contribution in [0.4, 0.5) is 0 Å².